The summed E-state index contributed by atoms with van der Waals surface area (Å²) in [5.41, 5.74) is 2.10. The van der Waals surface area contributed by atoms with Gasteiger partial charge in [-0.2, -0.15) is 0 Å². The van der Waals surface area contributed by atoms with Gasteiger partial charge in [0, 0.05) is 31.3 Å². The first-order valence-corrected chi connectivity index (χ1v) is 12.6. The van der Waals surface area contributed by atoms with Crippen molar-refractivity contribution in [1.29, 1.82) is 0 Å². The molecule has 0 radical (unpaired) electrons. The Hall–Kier alpha value is -3.63. The summed E-state index contributed by atoms with van der Waals surface area (Å²) in [7, 11) is 1.60. The molecule has 0 unspecified atom stereocenters. The van der Waals surface area contributed by atoms with Crippen molar-refractivity contribution in [3.63, 3.8) is 0 Å². The van der Waals surface area contributed by atoms with E-state index < -0.39 is 0 Å². The number of nitrogens with one attached hydrogen (secondary N) is 1. The lowest BCUT2D eigenvalue weighted by Gasteiger charge is -2.30. The van der Waals surface area contributed by atoms with Crippen LogP contribution in [0, 0.1) is 5.82 Å². The first-order valence-electron chi connectivity index (χ1n) is 12.6. The average Bonchev–Trinajstić information content (AvgIpc) is 3.59. The van der Waals surface area contributed by atoms with Gasteiger partial charge in [-0.25, -0.2) is 9.07 Å². The monoisotopic (exact) mass is 506 g/mol. The van der Waals surface area contributed by atoms with Crippen molar-refractivity contribution in [3.8, 4) is 5.75 Å². The minimum absolute atomic E-state index is 0.0885. The van der Waals surface area contributed by atoms with Crippen molar-refractivity contribution in [1.82, 2.24) is 30.1 Å². The number of halogens is 1. The van der Waals surface area contributed by atoms with Crippen molar-refractivity contribution in [2.75, 3.05) is 13.7 Å². The zero-order valence-electron chi connectivity index (χ0n) is 21.1. The number of H-pyrrole nitrogens is 1. The number of pyridine rings is 1. The Balaban J connectivity index is 1.49. The Labute approximate surface area is 214 Å². The standard InChI is InChI=1S/C27H31FN6O3/c1-3-25(26-30-31-32-34(26)17-23-5-4-12-37-23)33(15-18-6-9-21(28)10-7-18)16-20-13-19-8-11-22(36-2)14-24(19)29-27(20)35/h6-11,13-14,23,25H,3-5,12,15-17H2,1-2H3,(H,29,35)/t23-,25+/m1/s1. The van der Waals surface area contributed by atoms with Gasteiger partial charge >= 0.3 is 0 Å². The first-order chi connectivity index (χ1) is 18.0. The first kappa shape index (κ1) is 25.0. The Kier molecular flexibility index (Phi) is 7.57. The molecule has 2 aromatic heterocycles. The number of aromatic amines is 1. The molecule has 4 aromatic rings. The van der Waals surface area contributed by atoms with E-state index in [1.54, 1.807) is 19.2 Å². The van der Waals surface area contributed by atoms with Crippen LogP contribution in [-0.4, -0.2) is 49.9 Å². The average molecular weight is 507 g/mol. The molecule has 2 atom stereocenters. The maximum atomic E-state index is 13.6. The minimum atomic E-state index is -0.288. The largest absolute Gasteiger partial charge is 0.497 e. The van der Waals surface area contributed by atoms with Gasteiger partial charge in [-0.05, 0) is 71.0 Å². The van der Waals surface area contributed by atoms with Crippen LogP contribution >= 0.6 is 0 Å². The third-order valence-corrected chi connectivity index (χ3v) is 6.89. The van der Waals surface area contributed by atoms with Crippen LogP contribution in [0.1, 0.15) is 49.2 Å². The highest BCUT2D eigenvalue weighted by Crippen LogP contribution is 2.28. The van der Waals surface area contributed by atoms with Crippen LogP contribution in [-0.2, 0) is 24.4 Å². The third-order valence-electron chi connectivity index (χ3n) is 6.89. The van der Waals surface area contributed by atoms with E-state index in [4.69, 9.17) is 9.47 Å². The SMILES string of the molecule is CC[C@@H](c1nnnn1C[C@H]1CCCO1)N(Cc1ccc(F)cc1)Cc1cc2ccc(OC)cc2[nH]c1=O. The molecule has 1 aliphatic rings. The number of tetrazole rings is 1. The van der Waals surface area contributed by atoms with Crippen LogP contribution in [0.3, 0.4) is 0 Å². The van der Waals surface area contributed by atoms with Gasteiger partial charge in [0.15, 0.2) is 5.82 Å². The summed E-state index contributed by atoms with van der Waals surface area (Å²) in [6.45, 7) is 4.27. The number of hydrogen-bond acceptors (Lipinski definition) is 7. The van der Waals surface area contributed by atoms with E-state index in [1.165, 1.54) is 12.1 Å². The molecule has 1 aliphatic heterocycles. The summed E-state index contributed by atoms with van der Waals surface area (Å²) in [6.07, 6.45) is 2.82. The number of fused-ring (bicyclic) bond motifs is 1. The van der Waals surface area contributed by atoms with E-state index >= 15 is 0 Å². The predicted octanol–water partition coefficient (Wildman–Crippen LogP) is 3.99. The van der Waals surface area contributed by atoms with Gasteiger partial charge in [0.05, 0.1) is 31.3 Å². The summed E-state index contributed by atoms with van der Waals surface area (Å²) in [5.74, 6) is 1.12. The van der Waals surface area contributed by atoms with E-state index in [9.17, 15) is 9.18 Å². The molecule has 0 amide bonds. The molecule has 194 valence electrons. The van der Waals surface area contributed by atoms with Crippen LogP contribution in [0.5, 0.6) is 5.75 Å². The molecule has 10 heteroatoms. The Morgan fingerprint density at radius 1 is 1.22 bits per heavy atom. The molecule has 1 saturated heterocycles. The van der Waals surface area contributed by atoms with Crippen LogP contribution in [0.2, 0.25) is 0 Å². The van der Waals surface area contributed by atoms with Gasteiger partial charge < -0.3 is 14.5 Å². The number of nitrogens with zero attached hydrogens (tertiary/aromatic N) is 5. The van der Waals surface area contributed by atoms with Crippen molar-refractivity contribution in [2.24, 2.45) is 0 Å². The van der Waals surface area contributed by atoms with Gasteiger partial charge in [0.25, 0.3) is 5.56 Å². The highest BCUT2D eigenvalue weighted by molar-refractivity contribution is 5.80. The highest BCUT2D eigenvalue weighted by atomic mass is 19.1. The molecular weight excluding hydrogens is 475 g/mol. The number of aromatic nitrogens is 5. The maximum absolute atomic E-state index is 13.6. The van der Waals surface area contributed by atoms with Crippen LogP contribution in [0.25, 0.3) is 10.9 Å². The summed E-state index contributed by atoms with van der Waals surface area (Å²) in [6, 6.07) is 13.8. The molecule has 0 aliphatic carbocycles. The lowest BCUT2D eigenvalue weighted by molar-refractivity contribution is 0.0888. The molecule has 1 N–H and O–H groups in total. The summed E-state index contributed by atoms with van der Waals surface area (Å²) in [4.78, 5) is 18.3. The lowest BCUT2D eigenvalue weighted by Crippen LogP contribution is -2.33. The highest BCUT2D eigenvalue weighted by Gasteiger charge is 2.28. The molecule has 5 rings (SSSR count). The smallest absolute Gasteiger partial charge is 0.252 e. The lowest BCUT2D eigenvalue weighted by atomic mass is 10.1. The number of ether oxygens (including phenoxy) is 2. The molecular formula is C27H31FN6O3. The van der Waals surface area contributed by atoms with Crippen LogP contribution in [0.15, 0.2) is 53.3 Å². The molecule has 0 spiro atoms. The van der Waals surface area contributed by atoms with Crippen molar-refractivity contribution in [3.05, 3.63) is 81.7 Å². The van der Waals surface area contributed by atoms with E-state index in [0.29, 0.717) is 36.5 Å². The maximum Gasteiger partial charge on any atom is 0.252 e. The van der Waals surface area contributed by atoms with E-state index in [-0.39, 0.29) is 23.5 Å². The molecule has 0 bridgehead atoms. The Morgan fingerprint density at radius 2 is 2.05 bits per heavy atom. The van der Waals surface area contributed by atoms with E-state index in [2.05, 4.69) is 32.3 Å². The Bertz CT molecular complexity index is 1400. The summed E-state index contributed by atoms with van der Waals surface area (Å²) >= 11 is 0. The van der Waals surface area contributed by atoms with Crippen molar-refractivity contribution < 1.29 is 13.9 Å². The second-order valence-corrected chi connectivity index (χ2v) is 9.39. The Morgan fingerprint density at radius 3 is 2.78 bits per heavy atom. The van der Waals surface area contributed by atoms with Crippen LogP contribution < -0.4 is 10.3 Å². The van der Waals surface area contributed by atoms with Gasteiger partial charge in [-0.1, -0.05) is 19.1 Å². The number of methoxy groups -OCH3 is 1. The fourth-order valence-electron chi connectivity index (χ4n) is 4.95. The van der Waals surface area contributed by atoms with Crippen molar-refractivity contribution >= 4 is 10.9 Å². The topological polar surface area (TPSA) is 98.2 Å². The minimum Gasteiger partial charge on any atom is -0.497 e. The number of benzene rings is 2. The molecule has 2 aromatic carbocycles. The summed E-state index contributed by atoms with van der Waals surface area (Å²) in [5, 5.41) is 13.5. The second-order valence-electron chi connectivity index (χ2n) is 9.39. The number of hydrogen-bond donors (Lipinski definition) is 1. The van der Waals surface area contributed by atoms with Crippen molar-refractivity contribution in [2.45, 2.75) is 58.0 Å². The number of rotatable bonds is 10. The van der Waals surface area contributed by atoms with E-state index in [0.717, 1.165) is 42.6 Å². The third kappa shape index (κ3) is 5.70. The molecule has 37 heavy (non-hydrogen) atoms. The van der Waals surface area contributed by atoms with Crippen LogP contribution in [0.4, 0.5) is 4.39 Å². The molecule has 0 saturated carbocycles. The van der Waals surface area contributed by atoms with Gasteiger partial charge in [0.2, 0.25) is 0 Å². The zero-order valence-corrected chi connectivity index (χ0v) is 21.1. The second kappa shape index (κ2) is 11.2. The van der Waals surface area contributed by atoms with Gasteiger partial charge in [0.1, 0.15) is 11.6 Å². The predicted molar refractivity (Wildman–Crippen MR) is 137 cm³/mol. The van der Waals surface area contributed by atoms with E-state index in [1.807, 2.05) is 28.9 Å². The zero-order chi connectivity index (χ0) is 25.8. The summed E-state index contributed by atoms with van der Waals surface area (Å²) < 4.78 is 26.5. The quantitative estimate of drug-likeness (QED) is 0.347. The molecule has 9 nitrogen and oxygen atoms in total. The normalized spacial score (nSPS) is 16.5. The fraction of sp³-hybridized carbons (Fsp3) is 0.407. The molecule has 3 heterocycles. The molecule has 1 fully saturated rings. The van der Waals surface area contributed by atoms with Gasteiger partial charge in [-0.15, -0.1) is 5.10 Å². The van der Waals surface area contributed by atoms with Gasteiger partial charge in [-0.3, -0.25) is 9.69 Å². The fourth-order valence-corrected chi connectivity index (χ4v) is 4.95.